The van der Waals surface area contributed by atoms with Gasteiger partial charge < -0.3 is 0 Å². The minimum absolute atomic E-state index is 0.0957. The van der Waals surface area contributed by atoms with E-state index in [9.17, 15) is 22.0 Å². The highest BCUT2D eigenvalue weighted by atomic mass is 32.2. The van der Waals surface area contributed by atoms with Crippen LogP contribution in [0, 0.1) is 11.6 Å². The van der Waals surface area contributed by atoms with E-state index in [4.69, 9.17) is 0 Å². The fourth-order valence-electron chi connectivity index (χ4n) is 2.06. The van der Waals surface area contributed by atoms with Crippen molar-refractivity contribution in [1.82, 2.24) is 4.72 Å². The Morgan fingerprint density at radius 2 is 1.88 bits per heavy atom. The quantitative estimate of drug-likeness (QED) is 0.642. The van der Waals surface area contributed by atoms with Crippen LogP contribution >= 0.6 is 22.7 Å². The lowest BCUT2D eigenvalue weighted by atomic mass is 10.3. The molecule has 1 N–H and O–H groups in total. The molecule has 0 radical (unpaired) electrons. The highest BCUT2D eigenvalue weighted by molar-refractivity contribution is 7.89. The maximum atomic E-state index is 13.6. The summed E-state index contributed by atoms with van der Waals surface area (Å²) in [4.78, 5) is 13.3. The number of hydrogen-bond acceptors (Lipinski definition) is 5. The van der Waals surface area contributed by atoms with Gasteiger partial charge in [-0.1, -0.05) is 6.07 Å². The zero-order valence-electron chi connectivity index (χ0n) is 12.5. The lowest BCUT2D eigenvalue weighted by molar-refractivity contribution is 0.104. The summed E-state index contributed by atoms with van der Waals surface area (Å²) in [7, 11) is -4.13. The molecule has 9 heteroatoms. The largest absolute Gasteiger partial charge is 0.287 e. The molecule has 0 saturated carbocycles. The summed E-state index contributed by atoms with van der Waals surface area (Å²) in [6, 6.07) is 9.00. The van der Waals surface area contributed by atoms with Crippen molar-refractivity contribution in [3.05, 3.63) is 74.1 Å². The summed E-state index contributed by atoms with van der Waals surface area (Å²) in [6.45, 7) is -0.0957. The van der Waals surface area contributed by atoms with Gasteiger partial charge in [0, 0.05) is 17.5 Å². The molecule has 0 fully saturated rings. The van der Waals surface area contributed by atoms with Gasteiger partial charge in [-0.15, -0.1) is 22.7 Å². The van der Waals surface area contributed by atoms with Gasteiger partial charge >= 0.3 is 0 Å². The molecule has 0 amide bonds. The molecule has 25 heavy (non-hydrogen) atoms. The fraction of sp³-hybridized carbons (Fsp3) is 0.0625. The Morgan fingerprint density at radius 3 is 2.56 bits per heavy atom. The van der Waals surface area contributed by atoms with Gasteiger partial charge in [-0.25, -0.2) is 21.9 Å². The minimum atomic E-state index is -4.13. The molecule has 0 saturated heterocycles. The van der Waals surface area contributed by atoms with Crippen LogP contribution in [-0.4, -0.2) is 14.2 Å². The predicted octanol–water partition coefficient (Wildman–Crippen LogP) is 3.80. The summed E-state index contributed by atoms with van der Waals surface area (Å²) >= 11 is 2.48. The molecule has 0 aliphatic rings. The molecule has 4 nitrogen and oxygen atoms in total. The van der Waals surface area contributed by atoms with Crippen molar-refractivity contribution >= 4 is 38.5 Å². The first-order valence-electron chi connectivity index (χ1n) is 6.98. The minimum Gasteiger partial charge on any atom is -0.287 e. The molecule has 0 aliphatic carbocycles. The lowest BCUT2D eigenvalue weighted by Crippen LogP contribution is -2.23. The smallest absolute Gasteiger partial charge is 0.243 e. The van der Waals surface area contributed by atoms with Crippen molar-refractivity contribution in [3.8, 4) is 0 Å². The highest BCUT2D eigenvalue weighted by Crippen LogP contribution is 2.23. The van der Waals surface area contributed by atoms with Crippen LogP contribution in [0.25, 0.3) is 0 Å². The molecular formula is C16H11F2NO3S3. The summed E-state index contributed by atoms with van der Waals surface area (Å²) in [5.74, 6) is -2.14. The average molecular weight is 399 g/mol. The van der Waals surface area contributed by atoms with Crippen LogP contribution in [0.4, 0.5) is 8.78 Å². The van der Waals surface area contributed by atoms with Gasteiger partial charge in [0.1, 0.15) is 16.5 Å². The Balaban J connectivity index is 1.72. The summed E-state index contributed by atoms with van der Waals surface area (Å²) in [5, 5.41) is 1.80. The van der Waals surface area contributed by atoms with E-state index < -0.39 is 26.6 Å². The van der Waals surface area contributed by atoms with E-state index in [0.717, 1.165) is 23.5 Å². The third-order valence-electron chi connectivity index (χ3n) is 3.25. The maximum absolute atomic E-state index is 13.6. The molecule has 0 unspecified atom stereocenters. The Morgan fingerprint density at radius 1 is 1.08 bits per heavy atom. The molecule has 0 bridgehead atoms. The number of ketones is 1. The van der Waals surface area contributed by atoms with E-state index in [1.165, 1.54) is 11.3 Å². The molecule has 0 aliphatic heterocycles. The Hall–Kier alpha value is -1.94. The van der Waals surface area contributed by atoms with Crippen molar-refractivity contribution in [2.45, 2.75) is 11.4 Å². The number of nitrogens with one attached hydrogen (secondary N) is 1. The number of sulfonamides is 1. The number of hydrogen-bond donors (Lipinski definition) is 1. The molecule has 1 aromatic carbocycles. The average Bonchev–Trinajstić information content (AvgIpc) is 3.24. The summed E-state index contributed by atoms with van der Waals surface area (Å²) in [6.07, 6.45) is 0. The third-order valence-corrected chi connectivity index (χ3v) is 6.64. The van der Waals surface area contributed by atoms with Crippen LogP contribution in [0.5, 0.6) is 0 Å². The van der Waals surface area contributed by atoms with Crippen LogP contribution in [0.2, 0.25) is 0 Å². The van der Waals surface area contributed by atoms with Crippen LogP contribution in [0.1, 0.15) is 19.4 Å². The standard InChI is InChI=1S/C16H11F2NO3S3/c17-10-3-6-15(12(18)8-10)25(21,22)19-9-11-4-5-14(24-11)16(20)13-2-1-7-23-13/h1-8,19H,9H2. The van der Waals surface area contributed by atoms with Crippen LogP contribution < -0.4 is 4.72 Å². The monoisotopic (exact) mass is 399 g/mol. The topological polar surface area (TPSA) is 63.2 Å². The molecule has 0 spiro atoms. The first-order chi connectivity index (χ1) is 11.9. The van der Waals surface area contributed by atoms with Crippen LogP contribution in [-0.2, 0) is 16.6 Å². The van der Waals surface area contributed by atoms with Gasteiger partial charge in [-0.3, -0.25) is 4.79 Å². The third kappa shape index (κ3) is 4.01. The predicted molar refractivity (Wildman–Crippen MR) is 92.5 cm³/mol. The molecule has 0 atom stereocenters. The van der Waals surface area contributed by atoms with E-state index in [2.05, 4.69) is 4.72 Å². The normalized spacial score (nSPS) is 11.6. The van der Waals surface area contributed by atoms with Gasteiger partial charge in [0.25, 0.3) is 0 Å². The second-order valence-corrected chi connectivity index (χ2v) is 8.82. The van der Waals surface area contributed by atoms with Crippen molar-refractivity contribution < 1.29 is 22.0 Å². The number of carbonyl (C=O) groups excluding carboxylic acids is 1. The van der Waals surface area contributed by atoms with E-state index in [1.54, 1.807) is 29.6 Å². The number of benzene rings is 1. The van der Waals surface area contributed by atoms with E-state index in [0.29, 0.717) is 20.7 Å². The van der Waals surface area contributed by atoms with Crippen molar-refractivity contribution in [1.29, 1.82) is 0 Å². The van der Waals surface area contributed by atoms with Gasteiger partial charge in [0.05, 0.1) is 9.75 Å². The highest BCUT2D eigenvalue weighted by Gasteiger charge is 2.20. The Bertz CT molecular complexity index is 1010. The van der Waals surface area contributed by atoms with Gasteiger partial charge in [0.2, 0.25) is 15.8 Å². The van der Waals surface area contributed by atoms with Crippen LogP contribution in [0.3, 0.4) is 0 Å². The summed E-state index contributed by atoms with van der Waals surface area (Å²) < 4.78 is 53.0. The van der Waals surface area contributed by atoms with Gasteiger partial charge in [0.15, 0.2) is 0 Å². The zero-order valence-corrected chi connectivity index (χ0v) is 15.0. The van der Waals surface area contributed by atoms with E-state index in [1.807, 2.05) is 0 Å². The molecule has 2 heterocycles. The van der Waals surface area contributed by atoms with Gasteiger partial charge in [-0.2, -0.15) is 0 Å². The second kappa shape index (κ2) is 7.12. The van der Waals surface area contributed by atoms with E-state index in [-0.39, 0.29) is 12.3 Å². The number of thiophene rings is 2. The number of halogens is 2. The van der Waals surface area contributed by atoms with Gasteiger partial charge in [-0.05, 0) is 35.7 Å². The van der Waals surface area contributed by atoms with Crippen molar-refractivity contribution in [3.63, 3.8) is 0 Å². The second-order valence-electron chi connectivity index (χ2n) is 4.97. The molecule has 130 valence electrons. The van der Waals surface area contributed by atoms with E-state index >= 15 is 0 Å². The first-order valence-corrected chi connectivity index (χ1v) is 10.2. The Labute approximate surface area is 150 Å². The van der Waals surface area contributed by atoms with Crippen LogP contribution in [0.15, 0.2) is 52.7 Å². The Kier molecular flexibility index (Phi) is 5.09. The lowest BCUT2D eigenvalue weighted by Gasteiger charge is -2.06. The van der Waals surface area contributed by atoms with Crippen molar-refractivity contribution in [2.75, 3.05) is 0 Å². The molecular weight excluding hydrogens is 388 g/mol. The molecule has 3 rings (SSSR count). The number of carbonyl (C=O) groups is 1. The fourth-order valence-corrected chi connectivity index (χ4v) is 4.86. The SMILES string of the molecule is O=C(c1cccs1)c1ccc(CNS(=O)(=O)c2ccc(F)cc2F)s1. The molecule has 3 aromatic rings. The van der Waals surface area contributed by atoms with Crippen molar-refractivity contribution in [2.24, 2.45) is 0 Å². The summed E-state index contributed by atoms with van der Waals surface area (Å²) in [5.41, 5.74) is 0. The zero-order chi connectivity index (χ0) is 18.0. The maximum Gasteiger partial charge on any atom is 0.243 e. The first kappa shape index (κ1) is 17.9. The molecule has 2 aromatic heterocycles. The number of rotatable bonds is 6.